The van der Waals surface area contributed by atoms with Gasteiger partial charge in [-0.1, -0.05) is 0 Å². The largest absolute Gasteiger partial charge is 0.618 e. The van der Waals surface area contributed by atoms with E-state index in [1.807, 2.05) is 0 Å². The number of nitrogens with zero attached hydrogens (tertiary/aromatic N) is 1. The van der Waals surface area contributed by atoms with Crippen molar-refractivity contribution in [2.45, 2.75) is 0 Å². The number of carbonyl (C=O) groups is 1. The molecule has 1 aliphatic heterocycles. The third kappa shape index (κ3) is 1.75. The van der Waals surface area contributed by atoms with E-state index in [0.29, 0.717) is 21.6 Å². The van der Waals surface area contributed by atoms with Gasteiger partial charge in [-0.3, -0.25) is 4.79 Å². The number of halogens is 1. The highest BCUT2D eigenvalue weighted by Crippen LogP contribution is 2.31. The van der Waals surface area contributed by atoms with Crippen LogP contribution in [0.2, 0.25) is 0 Å². The molecule has 0 spiro atoms. The monoisotopic (exact) mass is 271 g/mol. The van der Waals surface area contributed by atoms with Crippen molar-refractivity contribution >= 4 is 17.2 Å². The summed E-state index contributed by atoms with van der Waals surface area (Å²) in [6.07, 6.45) is 0. The van der Waals surface area contributed by atoms with Crippen LogP contribution in [0.5, 0.6) is 5.75 Å². The fraction of sp³-hybridized carbons (Fsp3) is 0.0667. The molecular weight excluding hydrogens is 261 g/mol. The number of hydrogen-bond donors (Lipinski definition) is 0. The first-order chi connectivity index (χ1) is 9.61. The molecule has 1 aliphatic rings. The van der Waals surface area contributed by atoms with Crippen molar-refractivity contribution in [2.24, 2.45) is 0 Å². The molecule has 0 aliphatic carbocycles. The third-order valence-corrected chi connectivity index (χ3v) is 3.20. The number of Topliss-reactive ketones (excluding diaryl/α,β-unsaturated/α-hetero) is 1. The number of ether oxygens (including phenoxy) is 1. The Kier molecular flexibility index (Phi) is 2.75. The van der Waals surface area contributed by atoms with E-state index in [0.717, 1.165) is 0 Å². The number of benzene rings is 2. The molecule has 5 heteroatoms. The first-order valence-electron chi connectivity index (χ1n) is 5.94. The minimum Gasteiger partial charge on any atom is -0.618 e. The molecule has 4 nitrogen and oxygen atoms in total. The Morgan fingerprint density at radius 1 is 1.15 bits per heavy atom. The van der Waals surface area contributed by atoms with Gasteiger partial charge in [-0.25, -0.2) is 4.39 Å². The zero-order valence-corrected chi connectivity index (χ0v) is 10.6. The lowest BCUT2D eigenvalue weighted by Crippen LogP contribution is -2.16. The Bertz CT molecular complexity index is 735. The maximum absolute atomic E-state index is 12.9. The van der Waals surface area contributed by atoms with Gasteiger partial charge in [-0.15, -0.1) is 0 Å². The summed E-state index contributed by atoms with van der Waals surface area (Å²) < 4.78 is 18.5. The number of hydrogen-bond acceptors (Lipinski definition) is 3. The maximum Gasteiger partial charge on any atom is 0.272 e. The molecule has 0 bridgehead atoms. The predicted molar refractivity (Wildman–Crippen MR) is 71.1 cm³/mol. The molecule has 0 saturated carbocycles. The smallest absolute Gasteiger partial charge is 0.272 e. The Morgan fingerprint density at radius 3 is 2.50 bits per heavy atom. The number of fused-ring (bicyclic) bond motifs is 1. The van der Waals surface area contributed by atoms with Gasteiger partial charge in [0.25, 0.3) is 11.5 Å². The van der Waals surface area contributed by atoms with Gasteiger partial charge in [0.15, 0.2) is 0 Å². The molecule has 0 saturated heterocycles. The van der Waals surface area contributed by atoms with Crippen molar-refractivity contribution in [2.75, 3.05) is 7.11 Å². The molecule has 2 aromatic carbocycles. The van der Waals surface area contributed by atoms with Crippen LogP contribution in [-0.2, 0) is 0 Å². The van der Waals surface area contributed by atoms with Crippen LogP contribution in [0.25, 0.3) is 0 Å². The molecule has 20 heavy (non-hydrogen) atoms. The van der Waals surface area contributed by atoms with Gasteiger partial charge in [0, 0.05) is 6.07 Å². The number of methoxy groups -OCH3 is 1. The van der Waals surface area contributed by atoms with Gasteiger partial charge in [0.05, 0.1) is 12.7 Å². The second kappa shape index (κ2) is 4.45. The van der Waals surface area contributed by atoms with E-state index in [9.17, 15) is 14.4 Å². The molecule has 0 aromatic heterocycles. The van der Waals surface area contributed by atoms with E-state index in [1.54, 1.807) is 6.07 Å². The van der Waals surface area contributed by atoms with Crippen molar-refractivity contribution in [1.29, 1.82) is 0 Å². The van der Waals surface area contributed by atoms with E-state index in [4.69, 9.17) is 4.74 Å². The second-order valence-electron chi connectivity index (χ2n) is 4.36. The van der Waals surface area contributed by atoms with Crippen LogP contribution >= 0.6 is 0 Å². The first-order valence-corrected chi connectivity index (χ1v) is 5.94. The zero-order valence-electron chi connectivity index (χ0n) is 10.6. The summed E-state index contributed by atoms with van der Waals surface area (Å²) in [6, 6.07) is 9.94. The normalized spacial score (nSPS) is 13.6. The standard InChI is InChI=1S/C15H10FNO3/c1-20-11-6-7-13-12(8-11)15(18)14(17(13)19)9-2-4-10(16)5-3-9/h2-8H,1H3. The highest BCUT2D eigenvalue weighted by Gasteiger charge is 2.36. The maximum atomic E-state index is 12.9. The third-order valence-electron chi connectivity index (χ3n) is 3.20. The number of carbonyl (C=O) groups excluding carboxylic acids is 1. The van der Waals surface area contributed by atoms with E-state index >= 15 is 0 Å². The lowest BCUT2D eigenvalue weighted by atomic mass is 10.0. The average Bonchev–Trinajstić information content (AvgIpc) is 2.72. The lowest BCUT2D eigenvalue weighted by molar-refractivity contribution is -0.355. The highest BCUT2D eigenvalue weighted by molar-refractivity contribution is 6.52. The summed E-state index contributed by atoms with van der Waals surface area (Å²) in [5, 5.41) is 12.2. The Labute approximate surface area is 114 Å². The topological polar surface area (TPSA) is 52.4 Å². The fourth-order valence-corrected chi connectivity index (χ4v) is 2.20. The van der Waals surface area contributed by atoms with Crippen LogP contribution in [0.1, 0.15) is 15.9 Å². The SMILES string of the molecule is COc1ccc2c(c1)C(=O)C(c1ccc(F)cc1)=[N+]2[O-]. The van der Waals surface area contributed by atoms with Crippen molar-refractivity contribution < 1.29 is 18.7 Å². The van der Waals surface area contributed by atoms with Crippen LogP contribution in [0.3, 0.4) is 0 Å². The Balaban J connectivity index is 2.13. The minimum atomic E-state index is -0.420. The van der Waals surface area contributed by atoms with Gasteiger partial charge in [0.2, 0.25) is 5.69 Å². The summed E-state index contributed by atoms with van der Waals surface area (Å²) in [5.74, 6) is -0.303. The van der Waals surface area contributed by atoms with E-state index < -0.39 is 5.82 Å². The minimum absolute atomic E-state index is 0.00625. The van der Waals surface area contributed by atoms with Crippen molar-refractivity contribution in [3.63, 3.8) is 0 Å². The van der Waals surface area contributed by atoms with E-state index in [2.05, 4.69) is 0 Å². The molecule has 0 atom stereocenters. The lowest BCUT2D eigenvalue weighted by Gasteiger charge is -2.02. The number of ketones is 1. The predicted octanol–water partition coefficient (Wildman–Crippen LogP) is 2.66. The summed E-state index contributed by atoms with van der Waals surface area (Å²) in [5.41, 5.74) is 0.948. The second-order valence-corrected chi connectivity index (χ2v) is 4.36. The van der Waals surface area contributed by atoms with Crippen LogP contribution in [0, 0.1) is 11.0 Å². The zero-order chi connectivity index (χ0) is 14.3. The molecule has 0 N–H and O–H groups in total. The van der Waals surface area contributed by atoms with E-state index in [-0.39, 0.29) is 17.2 Å². The van der Waals surface area contributed by atoms with Crippen molar-refractivity contribution in [3.05, 3.63) is 64.6 Å². The van der Waals surface area contributed by atoms with Gasteiger partial charge < -0.3 is 9.94 Å². The molecule has 0 unspecified atom stereocenters. The first kappa shape index (κ1) is 12.3. The van der Waals surface area contributed by atoms with Gasteiger partial charge >= 0.3 is 0 Å². The molecule has 0 radical (unpaired) electrons. The Morgan fingerprint density at radius 2 is 1.85 bits per heavy atom. The molecular formula is C15H10FNO3. The van der Waals surface area contributed by atoms with Crippen LogP contribution < -0.4 is 4.74 Å². The van der Waals surface area contributed by atoms with Crippen molar-refractivity contribution in [1.82, 2.24) is 0 Å². The summed E-state index contributed by atoms with van der Waals surface area (Å²) in [6.45, 7) is 0. The molecule has 100 valence electrons. The molecule has 0 amide bonds. The molecule has 3 rings (SSSR count). The summed E-state index contributed by atoms with van der Waals surface area (Å²) in [4.78, 5) is 12.3. The van der Waals surface area contributed by atoms with E-state index in [1.165, 1.54) is 43.5 Å². The van der Waals surface area contributed by atoms with Crippen LogP contribution in [0.4, 0.5) is 10.1 Å². The van der Waals surface area contributed by atoms with Crippen LogP contribution in [-0.4, -0.2) is 23.3 Å². The number of rotatable bonds is 2. The van der Waals surface area contributed by atoms with Gasteiger partial charge in [-0.05, 0) is 36.4 Å². The quantitative estimate of drug-likeness (QED) is 0.623. The highest BCUT2D eigenvalue weighted by atomic mass is 19.1. The van der Waals surface area contributed by atoms with Crippen LogP contribution in [0.15, 0.2) is 42.5 Å². The molecule has 0 fully saturated rings. The molecule has 1 heterocycles. The molecule has 2 aromatic rings. The van der Waals surface area contributed by atoms with Crippen molar-refractivity contribution in [3.8, 4) is 5.75 Å². The summed E-state index contributed by atoms with van der Waals surface area (Å²) >= 11 is 0. The van der Waals surface area contributed by atoms with Gasteiger partial charge in [0.1, 0.15) is 17.1 Å². The fourth-order valence-electron chi connectivity index (χ4n) is 2.20. The Hall–Kier alpha value is -2.69. The summed E-state index contributed by atoms with van der Waals surface area (Å²) in [7, 11) is 1.49. The van der Waals surface area contributed by atoms with Gasteiger partial charge in [-0.2, -0.15) is 4.74 Å². The average molecular weight is 271 g/mol.